The van der Waals surface area contributed by atoms with Gasteiger partial charge >= 0.3 is 0 Å². The van der Waals surface area contributed by atoms with Gasteiger partial charge in [-0.1, -0.05) is 24.3 Å². The van der Waals surface area contributed by atoms with Crippen LogP contribution >= 0.6 is 0 Å². The normalized spacial score (nSPS) is 15.4. The number of hydrogen-bond acceptors (Lipinski definition) is 2. The summed E-state index contributed by atoms with van der Waals surface area (Å²) >= 11 is 0. The molecule has 0 radical (unpaired) electrons. The Kier molecular flexibility index (Phi) is 2.99. The Hall–Kier alpha value is -1.87. The van der Waals surface area contributed by atoms with Crippen LogP contribution in [0.5, 0.6) is 0 Å². The van der Waals surface area contributed by atoms with E-state index < -0.39 is 6.10 Å². The highest BCUT2D eigenvalue weighted by molar-refractivity contribution is 5.72. The maximum absolute atomic E-state index is 13.4. The van der Waals surface area contributed by atoms with E-state index in [2.05, 4.69) is 4.90 Å². The summed E-state index contributed by atoms with van der Waals surface area (Å²) < 4.78 is 13.4. The minimum atomic E-state index is -0.534. The first-order chi connectivity index (χ1) is 9.16. The smallest absolute Gasteiger partial charge is 0.125 e. The second kappa shape index (κ2) is 4.67. The quantitative estimate of drug-likeness (QED) is 0.889. The van der Waals surface area contributed by atoms with Gasteiger partial charge in [-0.05, 0) is 37.1 Å². The van der Waals surface area contributed by atoms with Gasteiger partial charge in [0.25, 0.3) is 0 Å². The molecule has 0 saturated carbocycles. The molecule has 2 nitrogen and oxygen atoms in total. The van der Waals surface area contributed by atoms with Gasteiger partial charge in [-0.3, -0.25) is 0 Å². The lowest BCUT2D eigenvalue weighted by Crippen LogP contribution is -2.16. The maximum atomic E-state index is 13.4. The Morgan fingerprint density at radius 2 is 1.95 bits per heavy atom. The SMILES string of the molecule is CC(O)c1ccccc1N1CCc2ccc(F)cc21. The van der Waals surface area contributed by atoms with E-state index in [9.17, 15) is 9.50 Å². The molecular weight excluding hydrogens is 241 g/mol. The van der Waals surface area contributed by atoms with Crippen LogP contribution in [-0.4, -0.2) is 11.7 Å². The molecule has 0 spiro atoms. The van der Waals surface area contributed by atoms with Crippen LogP contribution < -0.4 is 4.90 Å². The van der Waals surface area contributed by atoms with Gasteiger partial charge in [-0.2, -0.15) is 0 Å². The molecule has 2 aromatic carbocycles. The molecule has 1 unspecified atom stereocenters. The summed E-state index contributed by atoms with van der Waals surface area (Å²) in [6, 6.07) is 12.7. The molecule has 3 heteroatoms. The number of nitrogens with zero attached hydrogens (tertiary/aromatic N) is 1. The summed E-state index contributed by atoms with van der Waals surface area (Å²) in [7, 11) is 0. The molecule has 2 aromatic rings. The van der Waals surface area contributed by atoms with Gasteiger partial charge < -0.3 is 10.0 Å². The van der Waals surface area contributed by atoms with Gasteiger partial charge in [0.15, 0.2) is 0 Å². The largest absolute Gasteiger partial charge is 0.389 e. The Morgan fingerprint density at radius 1 is 1.16 bits per heavy atom. The molecule has 1 atom stereocenters. The highest BCUT2D eigenvalue weighted by Crippen LogP contribution is 2.38. The van der Waals surface area contributed by atoms with E-state index in [1.807, 2.05) is 30.3 Å². The monoisotopic (exact) mass is 257 g/mol. The van der Waals surface area contributed by atoms with Gasteiger partial charge in [0.1, 0.15) is 5.82 Å². The van der Waals surface area contributed by atoms with Gasteiger partial charge in [-0.15, -0.1) is 0 Å². The molecule has 0 saturated heterocycles. The van der Waals surface area contributed by atoms with E-state index in [1.165, 1.54) is 6.07 Å². The number of anilines is 2. The van der Waals surface area contributed by atoms with Crippen molar-refractivity contribution in [3.8, 4) is 0 Å². The van der Waals surface area contributed by atoms with E-state index in [0.29, 0.717) is 0 Å². The van der Waals surface area contributed by atoms with Crippen molar-refractivity contribution in [3.63, 3.8) is 0 Å². The van der Waals surface area contributed by atoms with Crippen molar-refractivity contribution < 1.29 is 9.50 Å². The Labute approximate surface area is 112 Å². The zero-order chi connectivity index (χ0) is 13.4. The zero-order valence-corrected chi connectivity index (χ0v) is 10.8. The Balaban J connectivity index is 2.09. The maximum Gasteiger partial charge on any atom is 0.125 e. The number of hydrogen-bond donors (Lipinski definition) is 1. The van der Waals surface area contributed by atoms with Crippen LogP contribution in [0.3, 0.4) is 0 Å². The Bertz CT molecular complexity index is 609. The molecule has 1 aliphatic rings. The van der Waals surface area contributed by atoms with Crippen molar-refractivity contribution >= 4 is 11.4 Å². The fourth-order valence-electron chi connectivity index (χ4n) is 2.69. The minimum Gasteiger partial charge on any atom is -0.389 e. The lowest BCUT2D eigenvalue weighted by molar-refractivity contribution is 0.200. The summed E-state index contributed by atoms with van der Waals surface area (Å²) in [4.78, 5) is 2.08. The first kappa shape index (κ1) is 12.2. The lowest BCUT2D eigenvalue weighted by atomic mass is 10.1. The van der Waals surface area contributed by atoms with E-state index in [0.717, 1.165) is 35.5 Å². The summed E-state index contributed by atoms with van der Waals surface area (Å²) in [6.07, 6.45) is 0.373. The molecule has 0 aromatic heterocycles. The van der Waals surface area contributed by atoms with Crippen molar-refractivity contribution in [1.82, 2.24) is 0 Å². The molecule has 0 fully saturated rings. The topological polar surface area (TPSA) is 23.5 Å². The summed E-state index contributed by atoms with van der Waals surface area (Å²) in [5.74, 6) is -0.222. The van der Waals surface area contributed by atoms with E-state index in [1.54, 1.807) is 13.0 Å². The van der Waals surface area contributed by atoms with Crippen LogP contribution in [0.2, 0.25) is 0 Å². The second-order valence-corrected chi connectivity index (χ2v) is 4.91. The van der Waals surface area contributed by atoms with Crippen molar-refractivity contribution in [2.24, 2.45) is 0 Å². The third kappa shape index (κ3) is 2.10. The van der Waals surface area contributed by atoms with Crippen LogP contribution in [0, 0.1) is 5.82 Å². The molecule has 1 aliphatic heterocycles. The third-order valence-electron chi connectivity index (χ3n) is 3.62. The average molecular weight is 257 g/mol. The number of aliphatic hydroxyl groups excluding tert-OH is 1. The number of halogens is 1. The molecule has 0 amide bonds. The van der Waals surface area contributed by atoms with Gasteiger partial charge in [0.2, 0.25) is 0 Å². The highest BCUT2D eigenvalue weighted by Gasteiger charge is 2.23. The number of fused-ring (bicyclic) bond motifs is 1. The molecule has 1 N–H and O–H groups in total. The fourth-order valence-corrected chi connectivity index (χ4v) is 2.69. The minimum absolute atomic E-state index is 0.222. The highest BCUT2D eigenvalue weighted by atomic mass is 19.1. The predicted octanol–water partition coefficient (Wildman–Crippen LogP) is 3.57. The molecule has 0 aliphatic carbocycles. The standard InChI is InChI=1S/C16H16FNO/c1-11(19)14-4-2-3-5-15(14)18-9-8-12-6-7-13(17)10-16(12)18/h2-7,10-11,19H,8-9H2,1H3. The van der Waals surface area contributed by atoms with Crippen molar-refractivity contribution in [3.05, 3.63) is 59.4 Å². The van der Waals surface area contributed by atoms with Gasteiger partial charge in [-0.25, -0.2) is 4.39 Å². The fraction of sp³-hybridized carbons (Fsp3) is 0.250. The van der Waals surface area contributed by atoms with Gasteiger partial charge in [0, 0.05) is 23.5 Å². The Morgan fingerprint density at radius 3 is 2.74 bits per heavy atom. The molecule has 3 rings (SSSR count). The number of aliphatic hydroxyl groups is 1. The zero-order valence-electron chi connectivity index (χ0n) is 10.8. The molecule has 1 heterocycles. The molecule has 98 valence electrons. The summed E-state index contributed by atoms with van der Waals surface area (Å²) in [5.41, 5.74) is 3.90. The van der Waals surface area contributed by atoms with Gasteiger partial charge in [0.05, 0.1) is 6.10 Å². The van der Waals surface area contributed by atoms with Crippen molar-refractivity contribution in [2.75, 3.05) is 11.4 Å². The molecule has 0 bridgehead atoms. The van der Waals surface area contributed by atoms with E-state index in [-0.39, 0.29) is 5.82 Å². The molecule has 19 heavy (non-hydrogen) atoms. The van der Waals surface area contributed by atoms with Crippen LogP contribution in [0.1, 0.15) is 24.2 Å². The average Bonchev–Trinajstić information content (AvgIpc) is 2.81. The first-order valence-corrected chi connectivity index (χ1v) is 6.50. The van der Waals surface area contributed by atoms with Crippen molar-refractivity contribution in [1.29, 1.82) is 0 Å². The van der Waals surface area contributed by atoms with E-state index in [4.69, 9.17) is 0 Å². The van der Waals surface area contributed by atoms with Crippen molar-refractivity contribution in [2.45, 2.75) is 19.4 Å². The first-order valence-electron chi connectivity index (χ1n) is 6.50. The number of benzene rings is 2. The van der Waals surface area contributed by atoms with Crippen LogP contribution in [0.25, 0.3) is 0 Å². The number of rotatable bonds is 2. The number of para-hydroxylation sites is 1. The molecular formula is C16H16FNO. The second-order valence-electron chi connectivity index (χ2n) is 4.91. The van der Waals surface area contributed by atoms with Crippen LogP contribution in [0.15, 0.2) is 42.5 Å². The van der Waals surface area contributed by atoms with Crippen LogP contribution in [-0.2, 0) is 6.42 Å². The third-order valence-corrected chi connectivity index (χ3v) is 3.62. The predicted molar refractivity (Wildman–Crippen MR) is 74.2 cm³/mol. The summed E-state index contributed by atoms with van der Waals surface area (Å²) in [5, 5.41) is 9.87. The summed E-state index contributed by atoms with van der Waals surface area (Å²) in [6.45, 7) is 2.57. The van der Waals surface area contributed by atoms with Crippen LogP contribution in [0.4, 0.5) is 15.8 Å². The lowest BCUT2D eigenvalue weighted by Gasteiger charge is -2.24. The van der Waals surface area contributed by atoms with E-state index >= 15 is 0 Å².